The number of aryl methyl sites for hydroxylation is 1. The fourth-order valence-electron chi connectivity index (χ4n) is 2.30. The Balaban J connectivity index is 1.61. The van der Waals surface area contributed by atoms with E-state index in [4.69, 9.17) is 23.8 Å². The lowest BCUT2D eigenvalue weighted by molar-refractivity contribution is -0.120. The third kappa shape index (κ3) is 5.42. The number of rotatable bonds is 6. The lowest BCUT2D eigenvalue weighted by Gasteiger charge is -2.10. The van der Waals surface area contributed by atoms with Gasteiger partial charge in [0.2, 0.25) is 5.91 Å². The molecule has 1 unspecified atom stereocenters. The zero-order valence-electron chi connectivity index (χ0n) is 14.8. The molecule has 1 atom stereocenters. The maximum atomic E-state index is 12.4. The SMILES string of the molecule is Cc1ccc(CNC(=O)C(C)Sc2nn(-c3ccc(Cl)cc3)c(=S)s2)cc1. The van der Waals surface area contributed by atoms with E-state index < -0.39 is 0 Å². The van der Waals surface area contributed by atoms with Crippen LogP contribution in [0, 0.1) is 10.9 Å². The quantitative estimate of drug-likeness (QED) is 0.414. The fourth-order valence-corrected chi connectivity index (χ4v) is 4.95. The normalized spacial score (nSPS) is 12.0. The molecule has 0 saturated heterocycles. The average molecular weight is 436 g/mol. The van der Waals surface area contributed by atoms with Gasteiger partial charge in [0.05, 0.1) is 10.9 Å². The number of thioether (sulfide) groups is 1. The van der Waals surface area contributed by atoms with Gasteiger partial charge < -0.3 is 5.32 Å². The van der Waals surface area contributed by atoms with Crippen LogP contribution in [0.3, 0.4) is 0 Å². The topological polar surface area (TPSA) is 46.9 Å². The van der Waals surface area contributed by atoms with Crippen LogP contribution in [0.4, 0.5) is 0 Å². The zero-order chi connectivity index (χ0) is 19.4. The van der Waals surface area contributed by atoms with Crippen molar-refractivity contribution in [1.82, 2.24) is 15.1 Å². The van der Waals surface area contributed by atoms with E-state index in [1.807, 2.05) is 50.2 Å². The van der Waals surface area contributed by atoms with Crippen LogP contribution >= 0.6 is 46.9 Å². The monoisotopic (exact) mass is 435 g/mol. The minimum atomic E-state index is -0.269. The van der Waals surface area contributed by atoms with Gasteiger partial charge >= 0.3 is 0 Å². The van der Waals surface area contributed by atoms with Crippen molar-refractivity contribution >= 4 is 52.8 Å². The van der Waals surface area contributed by atoms with Crippen LogP contribution in [-0.2, 0) is 11.3 Å². The third-order valence-electron chi connectivity index (χ3n) is 3.83. The summed E-state index contributed by atoms with van der Waals surface area (Å²) >= 11 is 14.1. The summed E-state index contributed by atoms with van der Waals surface area (Å²) in [6.45, 7) is 4.42. The molecule has 2 aromatic carbocycles. The van der Waals surface area contributed by atoms with Gasteiger partial charge in [-0.05, 0) is 55.9 Å². The van der Waals surface area contributed by atoms with Crippen molar-refractivity contribution in [2.24, 2.45) is 0 Å². The van der Waals surface area contributed by atoms with Crippen molar-refractivity contribution in [3.05, 3.63) is 68.6 Å². The Bertz CT molecular complexity index is 981. The number of amides is 1. The van der Waals surface area contributed by atoms with Gasteiger partial charge in [0.1, 0.15) is 0 Å². The Morgan fingerprint density at radius 1 is 1.26 bits per heavy atom. The lowest BCUT2D eigenvalue weighted by atomic mass is 10.1. The summed E-state index contributed by atoms with van der Waals surface area (Å²) < 4.78 is 3.08. The molecule has 1 aromatic heterocycles. The molecule has 3 aromatic rings. The average Bonchev–Trinajstić information content (AvgIpc) is 3.01. The first kappa shape index (κ1) is 20.1. The number of nitrogens with one attached hydrogen (secondary N) is 1. The van der Waals surface area contributed by atoms with E-state index in [1.165, 1.54) is 28.7 Å². The smallest absolute Gasteiger partial charge is 0.233 e. The lowest BCUT2D eigenvalue weighted by Crippen LogP contribution is -2.30. The van der Waals surface area contributed by atoms with Gasteiger partial charge in [-0.15, -0.1) is 5.10 Å². The third-order valence-corrected chi connectivity index (χ3v) is 6.50. The molecule has 0 bridgehead atoms. The standard InChI is InChI=1S/C19H18ClN3OS3/c1-12-3-5-14(6-4-12)11-21-17(24)13(2)26-18-22-23(19(25)27-18)16-9-7-15(20)8-10-16/h3-10,13H,11H2,1-2H3,(H,21,24). The summed E-state index contributed by atoms with van der Waals surface area (Å²) in [7, 11) is 0. The molecule has 1 heterocycles. The summed E-state index contributed by atoms with van der Waals surface area (Å²) in [5.41, 5.74) is 3.13. The van der Waals surface area contributed by atoms with Crippen LogP contribution in [-0.4, -0.2) is 20.9 Å². The molecule has 140 valence electrons. The number of aromatic nitrogens is 2. The van der Waals surface area contributed by atoms with E-state index in [0.29, 0.717) is 15.5 Å². The molecular weight excluding hydrogens is 418 g/mol. The molecule has 0 saturated carbocycles. The van der Waals surface area contributed by atoms with Crippen LogP contribution in [0.25, 0.3) is 5.69 Å². The summed E-state index contributed by atoms with van der Waals surface area (Å²) in [5.74, 6) is -0.0280. The maximum Gasteiger partial charge on any atom is 0.233 e. The number of carbonyl (C=O) groups is 1. The molecule has 0 spiro atoms. The summed E-state index contributed by atoms with van der Waals surface area (Å²) in [6.07, 6.45) is 0. The van der Waals surface area contributed by atoms with Crippen LogP contribution in [0.5, 0.6) is 0 Å². The van der Waals surface area contributed by atoms with Gasteiger partial charge in [-0.3, -0.25) is 4.79 Å². The molecule has 0 fully saturated rings. The highest BCUT2D eigenvalue weighted by Crippen LogP contribution is 2.28. The predicted octanol–water partition coefficient (Wildman–Crippen LogP) is 5.42. The van der Waals surface area contributed by atoms with Gasteiger partial charge in [-0.25, -0.2) is 4.68 Å². The van der Waals surface area contributed by atoms with E-state index in [0.717, 1.165) is 15.6 Å². The predicted molar refractivity (Wildman–Crippen MR) is 116 cm³/mol. The Morgan fingerprint density at radius 2 is 1.93 bits per heavy atom. The van der Waals surface area contributed by atoms with Crippen LogP contribution < -0.4 is 5.32 Å². The first-order valence-corrected chi connectivity index (χ1v) is 10.8. The van der Waals surface area contributed by atoms with E-state index in [2.05, 4.69) is 10.4 Å². The second-order valence-corrected chi connectivity index (χ2v) is 9.63. The molecule has 27 heavy (non-hydrogen) atoms. The van der Waals surface area contributed by atoms with E-state index in [-0.39, 0.29) is 11.2 Å². The molecule has 3 rings (SSSR count). The summed E-state index contributed by atoms with van der Waals surface area (Å²) in [5, 5.41) is 7.89. The molecule has 0 aliphatic rings. The highest BCUT2D eigenvalue weighted by atomic mass is 35.5. The molecule has 0 aliphatic carbocycles. The first-order chi connectivity index (χ1) is 12.9. The number of hydrogen-bond donors (Lipinski definition) is 1. The molecule has 0 radical (unpaired) electrons. The highest BCUT2D eigenvalue weighted by molar-refractivity contribution is 8.02. The molecule has 1 N–H and O–H groups in total. The van der Waals surface area contributed by atoms with Gasteiger partial charge in [0, 0.05) is 11.6 Å². The van der Waals surface area contributed by atoms with Crippen LogP contribution in [0.2, 0.25) is 5.02 Å². The fraction of sp³-hybridized carbons (Fsp3) is 0.211. The van der Waals surface area contributed by atoms with Gasteiger partial charge in [-0.2, -0.15) is 0 Å². The molecular formula is C19H18ClN3OS3. The van der Waals surface area contributed by atoms with Crippen molar-refractivity contribution in [3.8, 4) is 5.69 Å². The summed E-state index contributed by atoms with van der Waals surface area (Å²) in [6, 6.07) is 15.4. The van der Waals surface area contributed by atoms with Crippen molar-refractivity contribution < 1.29 is 4.79 Å². The molecule has 0 aliphatic heterocycles. The van der Waals surface area contributed by atoms with Crippen LogP contribution in [0.1, 0.15) is 18.1 Å². The largest absolute Gasteiger partial charge is 0.351 e. The van der Waals surface area contributed by atoms with Crippen molar-refractivity contribution in [3.63, 3.8) is 0 Å². The number of halogens is 1. The highest BCUT2D eigenvalue weighted by Gasteiger charge is 2.17. The maximum absolute atomic E-state index is 12.4. The van der Waals surface area contributed by atoms with Gasteiger partial charge in [-0.1, -0.05) is 64.5 Å². The number of carbonyl (C=O) groups excluding carboxylic acids is 1. The van der Waals surface area contributed by atoms with Gasteiger partial charge in [0.15, 0.2) is 8.29 Å². The second-order valence-electron chi connectivity index (χ2n) is 5.99. The van der Waals surface area contributed by atoms with E-state index >= 15 is 0 Å². The van der Waals surface area contributed by atoms with Gasteiger partial charge in [0.25, 0.3) is 0 Å². The Kier molecular flexibility index (Phi) is 6.70. The molecule has 4 nitrogen and oxygen atoms in total. The second kappa shape index (κ2) is 9.01. The number of hydrogen-bond acceptors (Lipinski definition) is 5. The minimum absolute atomic E-state index is 0.0280. The first-order valence-electron chi connectivity index (χ1n) is 8.28. The van der Waals surface area contributed by atoms with E-state index in [9.17, 15) is 4.79 Å². The number of nitrogens with zero attached hydrogens (tertiary/aromatic N) is 2. The van der Waals surface area contributed by atoms with Crippen molar-refractivity contribution in [1.29, 1.82) is 0 Å². The Morgan fingerprint density at radius 3 is 2.59 bits per heavy atom. The van der Waals surface area contributed by atoms with Crippen LogP contribution in [0.15, 0.2) is 52.9 Å². The minimum Gasteiger partial charge on any atom is -0.351 e. The molecule has 8 heteroatoms. The summed E-state index contributed by atoms with van der Waals surface area (Å²) in [4.78, 5) is 12.4. The zero-order valence-corrected chi connectivity index (χ0v) is 18.0. The van der Waals surface area contributed by atoms with Crippen molar-refractivity contribution in [2.75, 3.05) is 0 Å². The Labute approximate surface area is 176 Å². The number of benzene rings is 2. The van der Waals surface area contributed by atoms with E-state index in [1.54, 1.807) is 16.8 Å². The Hall–Kier alpha value is -1.67. The van der Waals surface area contributed by atoms with Crippen molar-refractivity contribution in [2.45, 2.75) is 30.0 Å². The molecule has 1 amide bonds.